The number of rotatable bonds is 4. The molecule has 0 bridgehead atoms. The summed E-state index contributed by atoms with van der Waals surface area (Å²) >= 11 is 3.60. The highest BCUT2D eigenvalue weighted by Gasteiger charge is 2.10. The lowest BCUT2D eigenvalue weighted by atomic mass is 9.98. The smallest absolute Gasteiger partial charge is 0.0347 e. The number of aryl methyl sites for hydroxylation is 2. The van der Waals surface area contributed by atoms with E-state index >= 15 is 0 Å². The minimum absolute atomic E-state index is 0.0300. The predicted molar refractivity (Wildman–Crippen MR) is 85.3 cm³/mol. The van der Waals surface area contributed by atoms with Gasteiger partial charge in [-0.2, -0.15) is 0 Å². The number of halogens is 1. The monoisotopic (exact) mass is 317 g/mol. The highest BCUT2D eigenvalue weighted by atomic mass is 79.9. The molecule has 0 aliphatic carbocycles. The second-order valence-electron chi connectivity index (χ2n) is 5.01. The van der Waals surface area contributed by atoms with Crippen LogP contribution in [0.5, 0.6) is 0 Å². The van der Waals surface area contributed by atoms with Crippen LogP contribution in [0.3, 0.4) is 0 Å². The second-order valence-corrected chi connectivity index (χ2v) is 5.86. The summed E-state index contributed by atoms with van der Waals surface area (Å²) in [7, 11) is 0. The lowest BCUT2D eigenvalue weighted by Crippen LogP contribution is -2.14. The van der Waals surface area contributed by atoms with Crippen molar-refractivity contribution in [1.29, 1.82) is 0 Å². The zero-order valence-corrected chi connectivity index (χ0v) is 13.1. The quantitative estimate of drug-likeness (QED) is 0.878. The molecule has 1 atom stereocenters. The van der Waals surface area contributed by atoms with E-state index in [4.69, 9.17) is 5.73 Å². The zero-order chi connectivity index (χ0) is 13.8. The van der Waals surface area contributed by atoms with E-state index < -0.39 is 0 Å². The normalized spacial score (nSPS) is 12.4. The summed E-state index contributed by atoms with van der Waals surface area (Å²) in [5.41, 5.74) is 11.4. The van der Waals surface area contributed by atoms with Gasteiger partial charge in [0.05, 0.1) is 0 Å². The molecule has 1 unspecified atom stereocenters. The van der Waals surface area contributed by atoms with E-state index in [9.17, 15) is 0 Å². The third-order valence-electron chi connectivity index (χ3n) is 3.44. The Morgan fingerprint density at radius 2 is 1.68 bits per heavy atom. The Kier molecular flexibility index (Phi) is 4.78. The Hall–Kier alpha value is -1.12. The van der Waals surface area contributed by atoms with Crippen LogP contribution in [0.25, 0.3) is 0 Å². The summed E-state index contributed by atoms with van der Waals surface area (Å²) in [6.07, 6.45) is 1.95. The van der Waals surface area contributed by atoms with Crippen molar-refractivity contribution < 1.29 is 0 Å². The lowest BCUT2D eigenvalue weighted by molar-refractivity contribution is 0.718. The molecular weight excluding hydrogens is 298 g/mol. The van der Waals surface area contributed by atoms with Gasteiger partial charge in [0.25, 0.3) is 0 Å². The maximum absolute atomic E-state index is 6.32. The molecule has 2 N–H and O–H groups in total. The highest BCUT2D eigenvalue weighted by Crippen LogP contribution is 2.25. The first kappa shape index (κ1) is 14.3. The van der Waals surface area contributed by atoms with Crippen LogP contribution in [0.4, 0.5) is 0 Å². The summed E-state index contributed by atoms with van der Waals surface area (Å²) in [6, 6.07) is 15.1. The van der Waals surface area contributed by atoms with Crippen LogP contribution in [-0.2, 0) is 12.8 Å². The molecule has 0 fully saturated rings. The van der Waals surface area contributed by atoms with Gasteiger partial charge in [0, 0.05) is 10.5 Å². The van der Waals surface area contributed by atoms with Crippen LogP contribution in [-0.4, -0.2) is 0 Å². The van der Waals surface area contributed by atoms with Crippen molar-refractivity contribution in [2.24, 2.45) is 5.73 Å². The average molecular weight is 318 g/mol. The van der Waals surface area contributed by atoms with Crippen LogP contribution >= 0.6 is 15.9 Å². The largest absolute Gasteiger partial charge is 0.324 e. The molecule has 2 heteroatoms. The summed E-state index contributed by atoms with van der Waals surface area (Å²) in [4.78, 5) is 0. The Balaban J connectivity index is 2.13. The molecule has 0 amide bonds. The molecule has 0 saturated heterocycles. The maximum atomic E-state index is 6.32. The van der Waals surface area contributed by atoms with Gasteiger partial charge >= 0.3 is 0 Å². The molecule has 0 radical (unpaired) electrons. The van der Waals surface area contributed by atoms with E-state index in [0.29, 0.717) is 0 Å². The molecule has 0 heterocycles. The van der Waals surface area contributed by atoms with Gasteiger partial charge in [-0.3, -0.25) is 0 Å². The molecule has 1 nitrogen and oxygen atoms in total. The van der Waals surface area contributed by atoms with Crippen molar-refractivity contribution in [2.75, 3.05) is 0 Å². The van der Waals surface area contributed by atoms with E-state index in [-0.39, 0.29) is 6.04 Å². The molecule has 0 aromatic heterocycles. The van der Waals surface area contributed by atoms with Gasteiger partial charge in [-0.25, -0.2) is 0 Å². The van der Waals surface area contributed by atoms with E-state index in [2.05, 4.69) is 72.2 Å². The molecule has 2 aromatic carbocycles. The topological polar surface area (TPSA) is 26.0 Å². The number of hydrogen-bond donors (Lipinski definition) is 1. The first-order chi connectivity index (χ1) is 9.10. The minimum Gasteiger partial charge on any atom is -0.324 e. The number of hydrogen-bond acceptors (Lipinski definition) is 1. The van der Waals surface area contributed by atoms with Crippen LogP contribution < -0.4 is 5.73 Å². The third-order valence-corrected chi connectivity index (χ3v) is 4.13. The Morgan fingerprint density at radius 3 is 2.26 bits per heavy atom. The van der Waals surface area contributed by atoms with Gasteiger partial charge in [0.15, 0.2) is 0 Å². The fourth-order valence-corrected chi connectivity index (χ4v) is 3.00. The molecule has 100 valence electrons. The van der Waals surface area contributed by atoms with Crippen molar-refractivity contribution >= 4 is 15.9 Å². The summed E-state index contributed by atoms with van der Waals surface area (Å²) in [6.45, 7) is 4.26. The number of benzene rings is 2. The van der Waals surface area contributed by atoms with Crippen LogP contribution in [0.15, 0.2) is 46.9 Å². The molecule has 0 saturated carbocycles. The van der Waals surface area contributed by atoms with E-state index in [1.165, 1.54) is 22.3 Å². The van der Waals surface area contributed by atoms with Gasteiger partial charge in [0.2, 0.25) is 0 Å². The van der Waals surface area contributed by atoms with Crippen LogP contribution in [0.2, 0.25) is 0 Å². The molecule has 19 heavy (non-hydrogen) atoms. The predicted octanol–water partition coefficient (Wildman–Crippen LogP) is 4.56. The van der Waals surface area contributed by atoms with E-state index in [0.717, 1.165) is 17.3 Å². The fraction of sp³-hybridized carbons (Fsp3) is 0.294. The highest BCUT2D eigenvalue weighted by molar-refractivity contribution is 9.10. The van der Waals surface area contributed by atoms with Crippen LogP contribution in [0, 0.1) is 6.92 Å². The summed E-state index contributed by atoms with van der Waals surface area (Å²) in [5, 5.41) is 0. The molecule has 0 spiro atoms. The van der Waals surface area contributed by atoms with Gasteiger partial charge in [-0.05, 0) is 48.1 Å². The maximum Gasteiger partial charge on any atom is 0.0347 e. The zero-order valence-electron chi connectivity index (χ0n) is 11.5. The van der Waals surface area contributed by atoms with Gasteiger partial charge in [0.1, 0.15) is 0 Å². The van der Waals surface area contributed by atoms with Crippen molar-refractivity contribution in [3.63, 3.8) is 0 Å². The first-order valence-corrected chi connectivity index (χ1v) is 7.49. The molecule has 2 aromatic rings. The first-order valence-electron chi connectivity index (χ1n) is 6.69. The number of nitrogens with two attached hydrogens (primary N) is 1. The Bertz CT molecular complexity index is 546. The Labute approximate surface area is 124 Å². The van der Waals surface area contributed by atoms with Crippen molar-refractivity contribution in [3.8, 4) is 0 Å². The molecule has 2 rings (SSSR count). The van der Waals surface area contributed by atoms with Gasteiger partial charge in [-0.1, -0.05) is 59.3 Å². The Morgan fingerprint density at radius 1 is 1.05 bits per heavy atom. The standard InChI is InChI=1S/C17H20BrN/c1-3-13-5-7-14(8-6-13)11-17(19)15-9-4-12(2)10-16(15)18/h4-10,17H,3,11,19H2,1-2H3. The second kappa shape index (κ2) is 6.36. The SMILES string of the molecule is CCc1ccc(CC(N)c2ccc(C)cc2Br)cc1. The third kappa shape index (κ3) is 3.68. The summed E-state index contributed by atoms with van der Waals surface area (Å²) in [5.74, 6) is 0. The van der Waals surface area contributed by atoms with E-state index in [1.807, 2.05) is 0 Å². The lowest BCUT2D eigenvalue weighted by Gasteiger charge is -2.15. The fourth-order valence-electron chi connectivity index (χ4n) is 2.21. The van der Waals surface area contributed by atoms with E-state index in [1.54, 1.807) is 0 Å². The molecular formula is C17H20BrN. The minimum atomic E-state index is 0.0300. The van der Waals surface area contributed by atoms with Crippen molar-refractivity contribution in [1.82, 2.24) is 0 Å². The van der Waals surface area contributed by atoms with Crippen molar-refractivity contribution in [3.05, 3.63) is 69.2 Å². The average Bonchev–Trinajstić information content (AvgIpc) is 2.39. The van der Waals surface area contributed by atoms with Crippen LogP contribution in [0.1, 0.15) is 35.2 Å². The molecule has 0 aliphatic rings. The summed E-state index contributed by atoms with van der Waals surface area (Å²) < 4.78 is 1.10. The van der Waals surface area contributed by atoms with Gasteiger partial charge < -0.3 is 5.73 Å². The van der Waals surface area contributed by atoms with Gasteiger partial charge in [-0.15, -0.1) is 0 Å². The van der Waals surface area contributed by atoms with Crippen molar-refractivity contribution in [2.45, 2.75) is 32.7 Å². The molecule has 0 aliphatic heterocycles.